The van der Waals surface area contributed by atoms with Crippen LogP contribution in [0.2, 0.25) is 0 Å². The summed E-state index contributed by atoms with van der Waals surface area (Å²) in [6.45, 7) is 2.05. The topological polar surface area (TPSA) is 105 Å². The second-order valence-electron chi connectivity index (χ2n) is 8.49. The number of aryl methyl sites for hydroxylation is 1. The number of ether oxygens (including phenoxy) is 2. The number of hydroxylamine groups is 1. The Balaban J connectivity index is 1.33. The highest BCUT2D eigenvalue weighted by Crippen LogP contribution is 2.37. The first kappa shape index (κ1) is 22.3. The molecule has 0 atom stereocenters. The average molecular weight is 468 g/mol. The number of rotatable bonds is 7. The molecule has 2 aliphatic rings. The van der Waals surface area contributed by atoms with Crippen molar-refractivity contribution in [1.29, 1.82) is 5.26 Å². The standard InChI is InChI=1S/C27H25N5O3/c1-3-17-12-23(13-20(15-28)27(17)35-22-9-10-22)34-21-7-4-18(5-8-21)19-6-11-24-25(14-19)29-16-26(30-24)31-32(2)33/h4-8,11-14,16,22,29-30H,3,9-10H2,1-2H3/b32-31-. The monoisotopic (exact) mass is 467 g/mol. The van der Waals surface area contributed by atoms with Gasteiger partial charge in [-0.05, 0) is 66.3 Å². The van der Waals surface area contributed by atoms with Crippen LogP contribution in [0.15, 0.2) is 71.7 Å². The number of benzene rings is 3. The maximum absolute atomic E-state index is 11.1. The van der Waals surface area contributed by atoms with Crippen LogP contribution in [0.5, 0.6) is 17.2 Å². The van der Waals surface area contributed by atoms with E-state index in [2.05, 4.69) is 21.8 Å². The summed E-state index contributed by atoms with van der Waals surface area (Å²) in [6, 6.07) is 19.7. The Morgan fingerprint density at radius 3 is 2.51 bits per heavy atom. The number of hydrogen-bond donors (Lipinski definition) is 2. The van der Waals surface area contributed by atoms with Crippen LogP contribution in [-0.2, 0) is 6.42 Å². The maximum Gasteiger partial charge on any atom is 0.215 e. The van der Waals surface area contributed by atoms with Crippen molar-refractivity contribution >= 4 is 11.4 Å². The van der Waals surface area contributed by atoms with Crippen LogP contribution in [0.1, 0.15) is 30.9 Å². The number of hydrogen-bond acceptors (Lipinski definition) is 7. The van der Waals surface area contributed by atoms with Gasteiger partial charge in [0.05, 0.1) is 29.2 Å². The van der Waals surface area contributed by atoms with E-state index in [1.165, 1.54) is 7.05 Å². The van der Waals surface area contributed by atoms with E-state index in [1.54, 1.807) is 12.3 Å². The summed E-state index contributed by atoms with van der Waals surface area (Å²) < 4.78 is 12.1. The summed E-state index contributed by atoms with van der Waals surface area (Å²) in [6.07, 6.45) is 4.73. The summed E-state index contributed by atoms with van der Waals surface area (Å²) in [5, 5.41) is 30.9. The molecule has 5 rings (SSSR count). The molecule has 0 radical (unpaired) electrons. The maximum atomic E-state index is 11.1. The third-order valence-electron chi connectivity index (χ3n) is 5.77. The number of fused-ring (bicyclic) bond motifs is 1. The highest BCUT2D eigenvalue weighted by molar-refractivity contribution is 5.80. The van der Waals surface area contributed by atoms with Gasteiger partial charge in [0.25, 0.3) is 0 Å². The summed E-state index contributed by atoms with van der Waals surface area (Å²) in [5.41, 5.74) is 5.27. The molecule has 0 bridgehead atoms. The van der Waals surface area contributed by atoms with E-state index in [-0.39, 0.29) is 6.10 Å². The highest BCUT2D eigenvalue weighted by atomic mass is 16.5. The fraction of sp³-hybridized carbons (Fsp3) is 0.222. The molecule has 176 valence electrons. The molecule has 1 saturated carbocycles. The first-order valence-corrected chi connectivity index (χ1v) is 11.5. The zero-order valence-corrected chi connectivity index (χ0v) is 19.5. The average Bonchev–Trinajstić information content (AvgIpc) is 3.68. The number of nitriles is 1. The van der Waals surface area contributed by atoms with Crippen molar-refractivity contribution in [2.45, 2.75) is 32.3 Å². The van der Waals surface area contributed by atoms with Crippen LogP contribution < -0.4 is 20.1 Å². The van der Waals surface area contributed by atoms with Gasteiger partial charge in [-0.3, -0.25) is 0 Å². The van der Waals surface area contributed by atoms with E-state index in [4.69, 9.17) is 9.47 Å². The van der Waals surface area contributed by atoms with Crippen LogP contribution in [0.25, 0.3) is 11.1 Å². The zero-order chi connectivity index (χ0) is 24.4. The van der Waals surface area contributed by atoms with Gasteiger partial charge >= 0.3 is 0 Å². The zero-order valence-electron chi connectivity index (χ0n) is 19.5. The molecule has 8 heteroatoms. The fourth-order valence-corrected chi connectivity index (χ4v) is 3.89. The summed E-state index contributed by atoms with van der Waals surface area (Å²) in [7, 11) is 1.33. The molecule has 0 spiro atoms. The normalized spacial score (nSPS) is 14.7. The molecule has 0 aromatic heterocycles. The number of nitrogens with zero attached hydrogens (tertiary/aromatic N) is 3. The third kappa shape index (κ3) is 5.04. The van der Waals surface area contributed by atoms with Gasteiger partial charge in [0.1, 0.15) is 23.3 Å². The van der Waals surface area contributed by atoms with E-state index in [1.807, 2.05) is 55.5 Å². The molecular formula is C27H25N5O3. The Bertz CT molecular complexity index is 1360. The lowest BCUT2D eigenvalue weighted by Crippen LogP contribution is -2.10. The molecule has 0 amide bonds. The molecule has 3 aromatic carbocycles. The van der Waals surface area contributed by atoms with E-state index in [0.29, 0.717) is 33.5 Å². The number of nitrogens with one attached hydrogen (secondary N) is 2. The molecule has 2 N–H and O–H groups in total. The lowest BCUT2D eigenvalue weighted by Gasteiger charge is -2.18. The van der Waals surface area contributed by atoms with Gasteiger partial charge in [-0.25, -0.2) is 0 Å². The van der Waals surface area contributed by atoms with E-state index < -0.39 is 0 Å². The number of anilines is 2. The molecule has 3 aromatic rings. The first-order valence-electron chi connectivity index (χ1n) is 11.5. The van der Waals surface area contributed by atoms with Crippen molar-refractivity contribution in [2.24, 2.45) is 5.11 Å². The smallest absolute Gasteiger partial charge is 0.215 e. The molecule has 0 unspecified atom stereocenters. The van der Waals surface area contributed by atoms with Gasteiger partial charge in [-0.1, -0.05) is 30.0 Å². The Hall–Kier alpha value is -4.51. The molecule has 1 heterocycles. The Morgan fingerprint density at radius 1 is 1.06 bits per heavy atom. The predicted molar refractivity (Wildman–Crippen MR) is 133 cm³/mol. The predicted octanol–water partition coefficient (Wildman–Crippen LogP) is 6.35. The first-order chi connectivity index (χ1) is 17.0. The van der Waals surface area contributed by atoms with Crippen LogP contribution in [0, 0.1) is 16.5 Å². The summed E-state index contributed by atoms with van der Waals surface area (Å²) in [4.78, 5) is 0.504. The quantitative estimate of drug-likeness (QED) is 0.238. The largest absolute Gasteiger partial charge is 0.600 e. The molecule has 1 aliphatic carbocycles. The van der Waals surface area contributed by atoms with Crippen LogP contribution in [0.3, 0.4) is 0 Å². The van der Waals surface area contributed by atoms with Crippen molar-refractivity contribution in [3.8, 4) is 34.4 Å². The van der Waals surface area contributed by atoms with Crippen molar-refractivity contribution in [2.75, 3.05) is 17.7 Å². The van der Waals surface area contributed by atoms with Crippen molar-refractivity contribution in [3.63, 3.8) is 0 Å². The molecule has 35 heavy (non-hydrogen) atoms. The molecule has 1 fully saturated rings. The summed E-state index contributed by atoms with van der Waals surface area (Å²) in [5.74, 6) is 2.44. The van der Waals surface area contributed by atoms with Gasteiger partial charge in [0, 0.05) is 11.2 Å². The lowest BCUT2D eigenvalue weighted by molar-refractivity contribution is -0.495. The van der Waals surface area contributed by atoms with Crippen LogP contribution in [-0.4, -0.2) is 18.0 Å². The fourth-order valence-electron chi connectivity index (χ4n) is 3.89. The molecule has 0 saturated heterocycles. The Labute approximate surface area is 203 Å². The van der Waals surface area contributed by atoms with Gasteiger partial charge in [0.15, 0.2) is 7.05 Å². The van der Waals surface area contributed by atoms with E-state index in [0.717, 1.165) is 47.3 Å². The third-order valence-corrected chi connectivity index (χ3v) is 5.77. The van der Waals surface area contributed by atoms with E-state index in [9.17, 15) is 10.5 Å². The van der Waals surface area contributed by atoms with Gasteiger partial charge in [0.2, 0.25) is 5.82 Å². The lowest BCUT2D eigenvalue weighted by atomic mass is 10.0. The molecule has 1 aliphatic heterocycles. The second kappa shape index (κ2) is 9.39. The van der Waals surface area contributed by atoms with Crippen molar-refractivity contribution < 1.29 is 14.3 Å². The Morgan fingerprint density at radius 2 is 1.83 bits per heavy atom. The van der Waals surface area contributed by atoms with Crippen molar-refractivity contribution in [1.82, 2.24) is 0 Å². The van der Waals surface area contributed by atoms with Crippen LogP contribution >= 0.6 is 0 Å². The van der Waals surface area contributed by atoms with E-state index >= 15 is 0 Å². The summed E-state index contributed by atoms with van der Waals surface area (Å²) >= 11 is 0. The van der Waals surface area contributed by atoms with Crippen molar-refractivity contribution in [3.05, 3.63) is 83.0 Å². The molecule has 8 nitrogen and oxygen atoms in total. The minimum atomic E-state index is 0.230. The van der Waals surface area contributed by atoms with Gasteiger partial charge in [-0.2, -0.15) is 5.26 Å². The molecular weight excluding hydrogens is 442 g/mol. The number of azo groups is 1. The van der Waals surface area contributed by atoms with Crippen LogP contribution in [0.4, 0.5) is 11.4 Å². The SMILES string of the molecule is CCc1cc(Oc2ccc(-c3ccc4c(c3)NC=C(/N=[N+](/C)[O-])N4)cc2)cc(C#N)c1OC1CC1. The Kier molecular flexibility index (Phi) is 5.98. The van der Waals surface area contributed by atoms with Gasteiger partial charge < -0.3 is 25.3 Å². The van der Waals surface area contributed by atoms with Gasteiger partial charge in [-0.15, -0.1) is 0 Å². The highest BCUT2D eigenvalue weighted by Gasteiger charge is 2.26. The second-order valence-corrected chi connectivity index (χ2v) is 8.49. The minimum absolute atomic E-state index is 0.230. The minimum Gasteiger partial charge on any atom is -0.600 e.